The molecular formula is C20H17ClN6O. The van der Waals surface area contributed by atoms with Crippen LogP contribution in [0.4, 0.5) is 22.1 Å². The zero-order chi connectivity index (χ0) is 19.1. The van der Waals surface area contributed by atoms with Crippen LogP contribution in [0.2, 0.25) is 5.02 Å². The largest absolute Gasteiger partial charge is 0.366 e. The van der Waals surface area contributed by atoms with Crippen LogP contribution in [0.1, 0.15) is 6.42 Å². The number of rotatable bonds is 2. The van der Waals surface area contributed by atoms with Gasteiger partial charge in [0.15, 0.2) is 5.82 Å². The Hall–Kier alpha value is -3.19. The Morgan fingerprint density at radius 3 is 2.96 bits per heavy atom. The van der Waals surface area contributed by atoms with E-state index in [0.29, 0.717) is 16.7 Å². The minimum Gasteiger partial charge on any atom is -0.366 e. The van der Waals surface area contributed by atoms with Gasteiger partial charge in [0.25, 0.3) is 0 Å². The van der Waals surface area contributed by atoms with Crippen LogP contribution < -0.4 is 15.1 Å². The third kappa shape index (κ3) is 2.93. The third-order valence-electron chi connectivity index (χ3n) is 5.07. The Morgan fingerprint density at radius 2 is 2.14 bits per heavy atom. The molecule has 1 atom stereocenters. The quantitative estimate of drug-likeness (QED) is 0.717. The number of anilines is 3. The summed E-state index contributed by atoms with van der Waals surface area (Å²) in [5, 5.41) is 3.43. The summed E-state index contributed by atoms with van der Waals surface area (Å²) < 4.78 is 0. The fourth-order valence-corrected chi connectivity index (χ4v) is 3.96. The van der Waals surface area contributed by atoms with Gasteiger partial charge in [0, 0.05) is 37.2 Å². The maximum absolute atomic E-state index is 13.1. The maximum Gasteiger partial charge on any atom is 0.329 e. The van der Waals surface area contributed by atoms with Crippen LogP contribution in [0.25, 0.3) is 11.3 Å². The Balaban J connectivity index is 1.54. The molecule has 3 aromatic heterocycles. The van der Waals surface area contributed by atoms with Crippen LogP contribution in [0.3, 0.4) is 0 Å². The van der Waals surface area contributed by atoms with E-state index < -0.39 is 0 Å². The minimum atomic E-state index is -0.222. The number of carbonyl (C=O) groups is 1. The fourth-order valence-electron chi connectivity index (χ4n) is 3.79. The van der Waals surface area contributed by atoms with E-state index >= 15 is 0 Å². The average Bonchev–Trinajstić information content (AvgIpc) is 3.13. The van der Waals surface area contributed by atoms with E-state index in [4.69, 9.17) is 16.6 Å². The van der Waals surface area contributed by atoms with Gasteiger partial charge in [-0.05, 0) is 36.8 Å². The Labute approximate surface area is 167 Å². The van der Waals surface area contributed by atoms with Crippen LogP contribution in [0.5, 0.6) is 0 Å². The van der Waals surface area contributed by atoms with Crippen molar-refractivity contribution in [3.05, 3.63) is 60.0 Å². The molecule has 2 bridgehead atoms. The highest BCUT2D eigenvalue weighted by Gasteiger charge is 2.40. The number of pyridine rings is 3. The zero-order valence-electron chi connectivity index (χ0n) is 14.9. The summed E-state index contributed by atoms with van der Waals surface area (Å²) >= 11 is 6.08. The van der Waals surface area contributed by atoms with E-state index in [1.165, 1.54) is 0 Å². The van der Waals surface area contributed by atoms with E-state index in [-0.39, 0.29) is 12.1 Å². The minimum absolute atomic E-state index is 0.0800. The number of fused-ring (bicyclic) bond motifs is 4. The number of halogens is 1. The summed E-state index contributed by atoms with van der Waals surface area (Å²) in [7, 11) is 0. The Bertz CT molecular complexity index is 1040. The molecule has 140 valence electrons. The molecule has 0 spiro atoms. The predicted octanol–water partition coefficient (Wildman–Crippen LogP) is 3.82. The molecule has 8 heteroatoms. The average molecular weight is 393 g/mol. The first-order chi connectivity index (χ1) is 13.7. The molecule has 0 unspecified atom stereocenters. The van der Waals surface area contributed by atoms with Gasteiger partial charge in [-0.15, -0.1) is 0 Å². The molecule has 0 aromatic carbocycles. The summed E-state index contributed by atoms with van der Waals surface area (Å²) in [6.45, 7) is 1.72. The molecule has 1 N–H and O–H groups in total. The smallest absolute Gasteiger partial charge is 0.329 e. The zero-order valence-corrected chi connectivity index (χ0v) is 15.7. The normalized spacial score (nSPS) is 17.4. The van der Waals surface area contributed by atoms with E-state index in [1.54, 1.807) is 29.6 Å². The number of hydrogen-bond donors (Lipinski definition) is 1. The maximum atomic E-state index is 13.1. The predicted molar refractivity (Wildman–Crippen MR) is 109 cm³/mol. The molecule has 5 heterocycles. The van der Waals surface area contributed by atoms with Crippen LogP contribution in [0, 0.1) is 0 Å². The molecular weight excluding hydrogens is 376 g/mol. The van der Waals surface area contributed by atoms with Crippen molar-refractivity contribution < 1.29 is 4.79 Å². The number of aromatic nitrogens is 3. The molecule has 28 heavy (non-hydrogen) atoms. The molecule has 1 fully saturated rings. The molecule has 2 aliphatic rings. The standard InChI is InChI=1S/C20H17ClN6O/c21-14-9-13(10-22-11-14)16-4-5-17-19(24-16)27(15-6-8-26(17)12-15)20(28)25-18-3-1-2-7-23-18/h1-5,7,9-11,15H,6,8,12H2,(H,23,25,28)/t15-/m0/s1. The molecule has 0 aliphatic carbocycles. The number of carbonyl (C=O) groups excluding carboxylic acids is 1. The molecule has 2 aliphatic heterocycles. The van der Waals surface area contributed by atoms with Crippen molar-refractivity contribution in [2.75, 3.05) is 28.2 Å². The molecule has 1 saturated heterocycles. The molecule has 0 saturated carbocycles. The lowest BCUT2D eigenvalue weighted by Gasteiger charge is -2.35. The molecule has 3 aromatic rings. The monoisotopic (exact) mass is 392 g/mol. The van der Waals surface area contributed by atoms with Gasteiger partial charge in [0.05, 0.1) is 22.4 Å². The van der Waals surface area contributed by atoms with E-state index in [2.05, 4.69) is 20.2 Å². The first-order valence-electron chi connectivity index (χ1n) is 9.07. The highest BCUT2D eigenvalue weighted by Crippen LogP contribution is 2.40. The lowest BCUT2D eigenvalue weighted by Crippen LogP contribution is -2.48. The van der Waals surface area contributed by atoms with Gasteiger partial charge in [-0.3, -0.25) is 15.2 Å². The lowest BCUT2D eigenvalue weighted by atomic mass is 10.1. The number of amides is 2. The van der Waals surface area contributed by atoms with Crippen molar-refractivity contribution >= 4 is 35.0 Å². The number of nitrogens with zero attached hydrogens (tertiary/aromatic N) is 5. The van der Waals surface area contributed by atoms with Crippen LogP contribution >= 0.6 is 11.6 Å². The van der Waals surface area contributed by atoms with Crippen molar-refractivity contribution in [2.45, 2.75) is 12.5 Å². The van der Waals surface area contributed by atoms with Crippen LogP contribution in [-0.4, -0.2) is 40.1 Å². The van der Waals surface area contributed by atoms with Crippen molar-refractivity contribution in [3.63, 3.8) is 0 Å². The van der Waals surface area contributed by atoms with Crippen molar-refractivity contribution in [1.82, 2.24) is 15.0 Å². The second-order valence-electron chi connectivity index (χ2n) is 6.83. The topological polar surface area (TPSA) is 74.2 Å². The van der Waals surface area contributed by atoms with Gasteiger partial charge >= 0.3 is 6.03 Å². The van der Waals surface area contributed by atoms with E-state index in [0.717, 1.165) is 36.5 Å². The lowest BCUT2D eigenvalue weighted by molar-refractivity contribution is 0.254. The van der Waals surface area contributed by atoms with Crippen molar-refractivity contribution in [2.24, 2.45) is 0 Å². The van der Waals surface area contributed by atoms with Gasteiger partial charge < -0.3 is 4.90 Å². The van der Waals surface area contributed by atoms with E-state index in [1.807, 2.05) is 30.3 Å². The summed E-state index contributed by atoms with van der Waals surface area (Å²) in [5.74, 6) is 1.17. The van der Waals surface area contributed by atoms with E-state index in [9.17, 15) is 4.79 Å². The highest BCUT2D eigenvalue weighted by atomic mass is 35.5. The Kier molecular flexibility index (Phi) is 4.09. The summed E-state index contributed by atoms with van der Waals surface area (Å²) in [6.07, 6.45) is 5.86. The molecule has 5 rings (SSSR count). The number of urea groups is 1. The SMILES string of the molecule is O=C(Nc1ccccn1)N1c2nc(-c3cncc(Cl)c3)ccc2N2CC[C@H]1C2. The van der Waals surface area contributed by atoms with Crippen LogP contribution in [-0.2, 0) is 0 Å². The second-order valence-corrected chi connectivity index (χ2v) is 7.27. The first-order valence-corrected chi connectivity index (χ1v) is 9.45. The van der Waals surface area contributed by atoms with Crippen LogP contribution in [0.15, 0.2) is 55.0 Å². The number of nitrogens with one attached hydrogen (secondary N) is 1. The molecule has 2 amide bonds. The summed E-state index contributed by atoms with van der Waals surface area (Å²) in [4.78, 5) is 30.3. The molecule has 7 nitrogen and oxygen atoms in total. The van der Waals surface area contributed by atoms with Gasteiger partial charge in [-0.1, -0.05) is 17.7 Å². The third-order valence-corrected chi connectivity index (χ3v) is 5.28. The highest BCUT2D eigenvalue weighted by molar-refractivity contribution is 6.30. The fraction of sp³-hybridized carbons (Fsp3) is 0.200. The van der Waals surface area contributed by atoms with Gasteiger partial charge in [-0.25, -0.2) is 14.8 Å². The second kappa shape index (κ2) is 6.76. The van der Waals surface area contributed by atoms with Crippen molar-refractivity contribution in [1.29, 1.82) is 0 Å². The Morgan fingerprint density at radius 1 is 1.21 bits per heavy atom. The summed E-state index contributed by atoms with van der Waals surface area (Å²) in [5.41, 5.74) is 2.50. The molecule has 0 radical (unpaired) electrons. The first kappa shape index (κ1) is 16.9. The number of hydrogen-bond acceptors (Lipinski definition) is 5. The van der Waals surface area contributed by atoms with Gasteiger partial charge in [0.1, 0.15) is 5.82 Å². The van der Waals surface area contributed by atoms with Crippen molar-refractivity contribution in [3.8, 4) is 11.3 Å². The summed E-state index contributed by atoms with van der Waals surface area (Å²) in [6, 6.07) is 11.1. The van der Waals surface area contributed by atoms with Gasteiger partial charge in [0.2, 0.25) is 0 Å². The van der Waals surface area contributed by atoms with Gasteiger partial charge in [-0.2, -0.15) is 0 Å².